The van der Waals surface area contributed by atoms with E-state index in [4.69, 9.17) is 0 Å². The van der Waals surface area contributed by atoms with Crippen LogP contribution in [0, 0.1) is 6.92 Å². The van der Waals surface area contributed by atoms with E-state index in [1.165, 1.54) is 0 Å². The summed E-state index contributed by atoms with van der Waals surface area (Å²) in [5.41, 5.74) is 0.886. The number of thiazole rings is 1. The molecule has 2 aromatic heterocycles. The van der Waals surface area contributed by atoms with E-state index in [1.807, 2.05) is 31.5 Å². The molecule has 2 aromatic rings. The molecular formula is C12H17N5OS. The molecule has 0 radical (unpaired) electrons. The average molecular weight is 279 g/mol. The van der Waals surface area contributed by atoms with Crippen LogP contribution in [0.4, 0.5) is 4.79 Å². The molecule has 0 aromatic carbocycles. The number of amides is 2. The van der Waals surface area contributed by atoms with E-state index in [-0.39, 0.29) is 12.1 Å². The van der Waals surface area contributed by atoms with E-state index in [1.54, 1.807) is 22.2 Å². The number of carbonyl (C=O) groups is 1. The largest absolute Gasteiger partial charge is 0.334 e. The van der Waals surface area contributed by atoms with Crippen LogP contribution in [0.2, 0.25) is 0 Å². The minimum Gasteiger partial charge on any atom is -0.334 e. The Hall–Kier alpha value is -1.89. The lowest BCUT2D eigenvalue weighted by atomic mass is 10.3. The van der Waals surface area contributed by atoms with Crippen LogP contribution in [0.25, 0.3) is 0 Å². The van der Waals surface area contributed by atoms with Crippen molar-refractivity contribution in [2.75, 3.05) is 0 Å². The topological polar surface area (TPSA) is 71.8 Å². The van der Waals surface area contributed by atoms with Crippen LogP contribution in [-0.2, 0) is 13.1 Å². The molecule has 0 aliphatic carbocycles. The molecule has 0 bridgehead atoms. The van der Waals surface area contributed by atoms with Gasteiger partial charge in [0, 0.05) is 23.8 Å². The van der Waals surface area contributed by atoms with Gasteiger partial charge in [0.15, 0.2) is 0 Å². The van der Waals surface area contributed by atoms with Crippen LogP contribution in [-0.4, -0.2) is 26.8 Å². The summed E-state index contributed by atoms with van der Waals surface area (Å²) in [6.07, 6.45) is 3.59. The smallest absolute Gasteiger partial charge is 0.315 e. The van der Waals surface area contributed by atoms with E-state index >= 15 is 0 Å². The van der Waals surface area contributed by atoms with Crippen molar-refractivity contribution in [1.82, 2.24) is 25.4 Å². The average Bonchev–Trinajstić information content (AvgIpc) is 2.98. The SMILES string of the molecule is Cc1nc(CNC(=O)N[C@@H](C)Cn2cccn2)cs1. The fourth-order valence-electron chi connectivity index (χ4n) is 1.67. The molecule has 0 aliphatic heterocycles. The van der Waals surface area contributed by atoms with Gasteiger partial charge in [-0.25, -0.2) is 9.78 Å². The molecule has 0 saturated heterocycles. The Labute approximate surface area is 115 Å². The van der Waals surface area contributed by atoms with Crippen molar-refractivity contribution in [3.63, 3.8) is 0 Å². The van der Waals surface area contributed by atoms with Gasteiger partial charge in [-0.05, 0) is 19.9 Å². The van der Waals surface area contributed by atoms with Crippen LogP contribution in [0.3, 0.4) is 0 Å². The maximum atomic E-state index is 11.7. The molecule has 102 valence electrons. The van der Waals surface area contributed by atoms with Gasteiger partial charge in [-0.2, -0.15) is 5.10 Å². The van der Waals surface area contributed by atoms with Gasteiger partial charge in [0.25, 0.3) is 0 Å². The Kier molecular flexibility index (Phi) is 4.51. The fourth-order valence-corrected chi connectivity index (χ4v) is 2.28. The highest BCUT2D eigenvalue weighted by Gasteiger charge is 2.08. The molecule has 2 rings (SSSR count). The summed E-state index contributed by atoms with van der Waals surface area (Å²) in [6.45, 7) is 4.98. The van der Waals surface area contributed by atoms with Crippen molar-refractivity contribution >= 4 is 17.4 Å². The molecule has 0 aliphatic rings. The lowest BCUT2D eigenvalue weighted by molar-refractivity contribution is 0.235. The van der Waals surface area contributed by atoms with Gasteiger partial charge in [0.05, 0.1) is 23.8 Å². The number of nitrogens with one attached hydrogen (secondary N) is 2. The number of nitrogens with zero attached hydrogens (tertiary/aromatic N) is 3. The van der Waals surface area contributed by atoms with Crippen LogP contribution in [0.15, 0.2) is 23.8 Å². The van der Waals surface area contributed by atoms with Crippen molar-refractivity contribution in [2.45, 2.75) is 33.0 Å². The normalized spacial score (nSPS) is 12.1. The first-order chi connectivity index (χ1) is 9.13. The predicted octanol–water partition coefficient (Wildman–Crippen LogP) is 1.54. The lowest BCUT2D eigenvalue weighted by Gasteiger charge is -2.14. The first-order valence-corrected chi connectivity index (χ1v) is 6.94. The maximum absolute atomic E-state index is 11.7. The van der Waals surface area contributed by atoms with Gasteiger partial charge in [-0.1, -0.05) is 0 Å². The van der Waals surface area contributed by atoms with Gasteiger partial charge >= 0.3 is 6.03 Å². The molecule has 7 heteroatoms. The second-order valence-electron chi connectivity index (χ2n) is 4.31. The minimum atomic E-state index is -0.190. The predicted molar refractivity (Wildman–Crippen MR) is 73.9 cm³/mol. The van der Waals surface area contributed by atoms with Gasteiger partial charge in [0.1, 0.15) is 0 Å². The maximum Gasteiger partial charge on any atom is 0.315 e. The molecule has 0 fully saturated rings. The van der Waals surface area contributed by atoms with E-state index in [2.05, 4.69) is 20.7 Å². The van der Waals surface area contributed by atoms with Crippen LogP contribution in [0.1, 0.15) is 17.6 Å². The lowest BCUT2D eigenvalue weighted by Crippen LogP contribution is -2.42. The van der Waals surface area contributed by atoms with E-state index in [0.717, 1.165) is 10.7 Å². The van der Waals surface area contributed by atoms with Gasteiger partial charge in [-0.3, -0.25) is 4.68 Å². The van der Waals surface area contributed by atoms with Gasteiger partial charge < -0.3 is 10.6 Å². The number of urea groups is 1. The molecule has 0 saturated carbocycles. The molecule has 19 heavy (non-hydrogen) atoms. The summed E-state index contributed by atoms with van der Waals surface area (Å²) in [6, 6.07) is 1.68. The van der Waals surface area contributed by atoms with Crippen molar-refractivity contribution in [1.29, 1.82) is 0 Å². The molecule has 2 heterocycles. The molecule has 2 N–H and O–H groups in total. The van der Waals surface area contributed by atoms with Crippen molar-refractivity contribution < 1.29 is 4.79 Å². The Morgan fingerprint density at radius 1 is 1.58 bits per heavy atom. The highest BCUT2D eigenvalue weighted by atomic mass is 32.1. The highest BCUT2D eigenvalue weighted by Crippen LogP contribution is 2.07. The quantitative estimate of drug-likeness (QED) is 0.872. The summed E-state index contributed by atoms with van der Waals surface area (Å²) in [7, 11) is 0. The van der Waals surface area contributed by atoms with Crippen LogP contribution >= 0.6 is 11.3 Å². The Balaban J connectivity index is 1.71. The third-order valence-corrected chi connectivity index (χ3v) is 3.32. The highest BCUT2D eigenvalue weighted by molar-refractivity contribution is 7.09. The number of carbonyl (C=O) groups excluding carboxylic acids is 1. The standard InChI is InChI=1S/C12H17N5OS/c1-9(7-17-5-3-4-14-17)15-12(18)13-6-11-8-19-10(2)16-11/h3-5,8-9H,6-7H2,1-2H3,(H2,13,15,18)/t9-/m0/s1. The van der Waals surface area contributed by atoms with Crippen LogP contribution < -0.4 is 10.6 Å². The zero-order valence-electron chi connectivity index (χ0n) is 11.0. The Bertz CT molecular complexity index is 522. The zero-order valence-corrected chi connectivity index (χ0v) is 11.8. The van der Waals surface area contributed by atoms with Gasteiger partial charge in [0.2, 0.25) is 0 Å². The summed E-state index contributed by atoms with van der Waals surface area (Å²) >= 11 is 1.58. The molecule has 0 spiro atoms. The summed E-state index contributed by atoms with van der Waals surface area (Å²) in [5.74, 6) is 0. The number of rotatable bonds is 5. The number of hydrogen-bond donors (Lipinski definition) is 2. The summed E-state index contributed by atoms with van der Waals surface area (Å²) < 4.78 is 1.79. The molecule has 1 atom stereocenters. The second-order valence-corrected chi connectivity index (χ2v) is 5.38. The minimum absolute atomic E-state index is 0.0112. The van der Waals surface area contributed by atoms with Gasteiger partial charge in [-0.15, -0.1) is 11.3 Å². The zero-order chi connectivity index (χ0) is 13.7. The second kappa shape index (κ2) is 6.33. The Morgan fingerprint density at radius 3 is 3.05 bits per heavy atom. The third-order valence-electron chi connectivity index (χ3n) is 2.49. The monoisotopic (exact) mass is 279 g/mol. The van der Waals surface area contributed by atoms with Crippen molar-refractivity contribution in [2.24, 2.45) is 0 Å². The number of aromatic nitrogens is 3. The number of hydrogen-bond acceptors (Lipinski definition) is 4. The molecular weight excluding hydrogens is 262 g/mol. The van der Waals surface area contributed by atoms with Crippen molar-refractivity contribution in [3.05, 3.63) is 34.5 Å². The van der Waals surface area contributed by atoms with Crippen LogP contribution in [0.5, 0.6) is 0 Å². The third kappa shape index (κ3) is 4.36. The summed E-state index contributed by atoms with van der Waals surface area (Å²) in [5, 5.41) is 12.7. The Morgan fingerprint density at radius 2 is 2.42 bits per heavy atom. The first-order valence-electron chi connectivity index (χ1n) is 6.06. The first kappa shape index (κ1) is 13.5. The van der Waals surface area contributed by atoms with Crippen molar-refractivity contribution in [3.8, 4) is 0 Å². The fraction of sp³-hybridized carbons (Fsp3) is 0.417. The molecule has 0 unspecified atom stereocenters. The van der Waals surface area contributed by atoms with E-state index in [0.29, 0.717) is 13.1 Å². The summed E-state index contributed by atoms with van der Waals surface area (Å²) in [4.78, 5) is 16.0. The van der Waals surface area contributed by atoms with E-state index in [9.17, 15) is 4.79 Å². The number of aryl methyl sites for hydroxylation is 1. The molecule has 6 nitrogen and oxygen atoms in total. The molecule has 2 amide bonds. The van der Waals surface area contributed by atoms with E-state index < -0.39 is 0 Å².